The molecule has 0 saturated carbocycles. The fourth-order valence-corrected chi connectivity index (χ4v) is 1.78. The summed E-state index contributed by atoms with van der Waals surface area (Å²) in [6.07, 6.45) is 0. The second-order valence-corrected chi connectivity index (χ2v) is 4.68. The maximum absolute atomic E-state index is 5.64. The summed E-state index contributed by atoms with van der Waals surface area (Å²) in [6.45, 7) is 3.97. The van der Waals surface area contributed by atoms with E-state index >= 15 is 0 Å². The standard InChI is InChI=1S/C14H15N3S/c1-9-3-5-12(6-4-9)17-13-8-11(14(15)18)7-10(2)16-13/h3-8H,1-2H3,(H2,15,18)(H,16,17). The van der Waals surface area contributed by atoms with Gasteiger partial charge in [0.15, 0.2) is 0 Å². The molecule has 3 N–H and O–H groups in total. The molecule has 0 saturated heterocycles. The Morgan fingerprint density at radius 1 is 1.17 bits per heavy atom. The average molecular weight is 257 g/mol. The summed E-state index contributed by atoms with van der Waals surface area (Å²) in [5.41, 5.74) is 9.57. The Bertz CT molecular complexity index is 576. The van der Waals surface area contributed by atoms with Gasteiger partial charge < -0.3 is 11.1 Å². The molecule has 2 rings (SSSR count). The van der Waals surface area contributed by atoms with E-state index < -0.39 is 0 Å². The molecule has 92 valence electrons. The zero-order valence-electron chi connectivity index (χ0n) is 10.4. The van der Waals surface area contributed by atoms with Crippen LogP contribution in [0.15, 0.2) is 36.4 Å². The largest absolute Gasteiger partial charge is 0.389 e. The first kappa shape index (κ1) is 12.5. The van der Waals surface area contributed by atoms with Gasteiger partial charge in [0.2, 0.25) is 0 Å². The minimum Gasteiger partial charge on any atom is -0.389 e. The molecule has 0 radical (unpaired) electrons. The topological polar surface area (TPSA) is 50.9 Å². The van der Waals surface area contributed by atoms with Gasteiger partial charge in [0, 0.05) is 16.9 Å². The molecule has 0 atom stereocenters. The van der Waals surface area contributed by atoms with E-state index in [0.29, 0.717) is 4.99 Å². The van der Waals surface area contributed by atoms with Crippen LogP contribution in [0, 0.1) is 13.8 Å². The van der Waals surface area contributed by atoms with E-state index in [4.69, 9.17) is 18.0 Å². The van der Waals surface area contributed by atoms with Gasteiger partial charge in [0.05, 0.1) is 0 Å². The van der Waals surface area contributed by atoms with Crippen LogP contribution < -0.4 is 11.1 Å². The lowest BCUT2D eigenvalue weighted by atomic mass is 10.2. The molecular weight excluding hydrogens is 242 g/mol. The van der Waals surface area contributed by atoms with Crippen LogP contribution in [0.3, 0.4) is 0 Å². The summed E-state index contributed by atoms with van der Waals surface area (Å²) in [4.78, 5) is 4.79. The Hall–Kier alpha value is -1.94. The lowest BCUT2D eigenvalue weighted by Crippen LogP contribution is -2.10. The molecule has 2 aromatic rings. The van der Waals surface area contributed by atoms with Crippen LogP contribution in [0.25, 0.3) is 0 Å². The third kappa shape index (κ3) is 3.05. The highest BCUT2D eigenvalue weighted by molar-refractivity contribution is 7.80. The monoisotopic (exact) mass is 257 g/mol. The summed E-state index contributed by atoms with van der Waals surface area (Å²) in [5.74, 6) is 0.752. The number of aromatic nitrogens is 1. The van der Waals surface area contributed by atoms with E-state index in [2.05, 4.69) is 17.2 Å². The predicted octanol–water partition coefficient (Wildman–Crippen LogP) is 3.08. The molecule has 0 aliphatic heterocycles. The minimum absolute atomic E-state index is 0.382. The van der Waals surface area contributed by atoms with Crippen LogP contribution in [0.1, 0.15) is 16.8 Å². The molecule has 0 amide bonds. The molecular formula is C14H15N3S. The molecule has 0 bridgehead atoms. The number of benzene rings is 1. The van der Waals surface area contributed by atoms with Gasteiger partial charge in [-0.05, 0) is 38.1 Å². The molecule has 0 aliphatic rings. The van der Waals surface area contributed by atoms with Gasteiger partial charge >= 0.3 is 0 Å². The highest BCUT2D eigenvalue weighted by Gasteiger charge is 2.03. The Morgan fingerprint density at radius 3 is 2.44 bits per heavy atom. The third-order valence-electron chi connectivity index (χ3n) is 2.56. The Kier molecular flexibility index (Phi) is 3.58. The van der Waals surface area contributed by atoms with Crippen LogP contribution in [-0.4, -0.2) is 9.97 Å². The lowest BCUT2D eigenvalue weighted by Gasteiger charge is -2.08. The maximum Gasteiger partial charge on any atom is 0.131 e. The molecule has 1 aromatic heterocycles. The molecule has 4 heteroatoms. The van der Waals surface area contributed by atoms with Crippen molar-refractivity contribution < 1.29 is 0 Å². The van der Waals surface area contributed by atoms with Crippen LogP contribution in [0.4, 0.5) is 11.5 Å². The van der Waals surface area contributed by atoms with Crippen molar-refractivity contribution in [2.24, 2.45) is 5.73 Å². The summed E-state index contributed by atoms with van der Waals surface area (Å²) in [5, 5.41) is 3.24. The quantitative estimate of drug-likeness (QED) is 0.830. The highest BCUT2D eigenvalue weighted by Crippen LogP contribution is 2.17. The first-order valence-corrected chi connectivity index (χ1v) is 6.07. The summed E-state index contributed by atoms with van der Waals surface area (Å²) >= 11 is 4.99. The van der Waals surface area contributed by atoms with Crippen molar-refractivity contribution in [2.45, 2.75) is 13.8 Å². The fourth-order valence-electron chi connectivity index (χ4n) is 1.66. The van der Waals surface area contributed by atoms with E-state index in [1.165, 1.54) is 5.56 Å². The number of pyridine rings is 1. The molecule has 0 fully saturated rings. The summed E-state index contributed by atoms with van der Waals surface area (Å²) < 4.78 is 0. The van der Waals surface area contributed by atoms with Gasteiger partial charge in [0.1, 0.15) is 10.8 Å². The minimum atomic E-state index is 0.382. The van der Waals surface area contributed by atoms with Gasteiger partial charge in [-0.2, -0.15) is 0 Å². The molecule has 1 heterocycles. The Morgan fingerprint density at radius 2 is 1.83 bits per heavy atom. The predicted molar refractivity (Wildman–Crippen MR) is 79.3 cm³/mol. The van der Waals surface area contributed by atoms with Gasteiger partial charge in [-0.15, -0.1) is 0 Å². The smallest absolute Gasteiger partial charge is 0.131 e. The maximum atomic E-state index is 5.64. The van der Waals surface area contributed by atoms with Crippen molar-refractivity contribution in [1.82, 2.24) is 4.98 Å². The van der Waals surface area contributed by atoms with E-state index in [-0.39, 0.29) is 0 Å². The van der Waals surface area contributed by atoms with Crippen LogP contribution >= 0.6 is 12.2 Å². The number of hydrogen-bond acceptors (Lipinski definition) is 3. The third-order valence-corrected chi connectivity index (χ3v) is 2.80. The van der Waals surface area contributed by atoms with Crippen molar-refractivity contribution in [3.63, 3.8) is 0 Å². The van der Waals surface area contributed by atoms with Gasteiger partial charge in [0.25, 0.3) is 0 Å². The van der Waals surface area contributed by atoms with Crippen molar-refractivity contribution in [3.05, 3.63) is 53.2 Å². The number of nitrogens with two attached hydrogens (primary N) is 1. The van der Waals surface area contributed by atoms with Crippen LogP contribution in [-0.2, 0) is 0 Å². The van der Waals surface area contributed by atoms with E-state index in [1.54, 1.807) is 0 Å². The molecule has 0 unspecified atom stereocenters. The van der Waals surface area contributed by atoms with E-state index in [1.807, 2.05) is 43.3 Å². The summed E-state index contributed by atoms with van der Waals surface area (Å²) in [7, 11) is 0. The zero-order chi connectivity index (χ0) is 13.1. The van der Waals surface area contributed by atoms with E-state index in [9.17, 15) is 0 Å². The first-order valence-electron chi connectivity index (χ1n) is 5.67. The Balaban J connectivity index is 2.28. The SMILES string of the molecule is Cc1ccc(Nc2cc(C(N)=S)cc(C)n2)cc1. The van der Waals surface area contributed by atoms with Gasteiger partial charge in [-0.25, -0.2) is 4.98 Å². The second kappa shape index (κ2) is 5.14. The van der Waals surface area contributed by atoms with Crippen molar-refractivity contribution in [2.75, 3.05) is 5.32 Å². The number of anilines is 2. The number of aryl methyl sites for hydroxylation is 2. The Labute approximate surface area is 112 Å². The molecule has 0 spiro atoms. The lowest BCUT2D eigenvalue weighted by molar-refractivity contribution is 1.19. The molecule has 18 heavy (non-hydrogen) atoms. The van der Waals surface area contributed by atoms with Crippen LogP contribution in [0.5, 0.6) is 0 Å². The molecule has 0 aliphatic carbocycles. The summed E-state index contributed by atoms with van der Waals surface area (Å²) in [6, 6.07) is 11.9. The van der Waals surface area contributed by atoms with Gasteiger partial charge in [-0.1, -0.05) is 29.9 Å². The number of rotatable bonds is 3. The van der Waals surface area contributed by atoms with Crippen LogP contribution in [0.2, 0.25) is 0 Å². The van der Waals surface area contributed by atoms with Crippen molar-refractivity contribution in [1.29, 1.82) is 0 Å². The number of hydrogen-bond donors (Lipinski definition) is 2. The molecule has 3 nitrogen and oxygen atoms in total. The number of thiocarbonyl (C=S) groups is 1. The fraction of sp³-hybridized carbons (Fsp3) is 0.143. The van der Waals surface area contributed by atoms with Crippen molar-refractivity contribution >= 4 is 28.7 Å². The van der Waals surface area contributed by atoms with E-state index in [0.717, 1.165) is 22.8 Å². The average Bonchev–Trinajstić information content (AvgIpc) is 2.31. The first-order chi connectivity index (χ1) is 8.54. The van der Waals surface area contributed by atoms with Crippen molar-refractivity contribution in [3.8, 4) is 0 Å². The van der Waals surface area contributed by atoms with Gasteiger partial charge in [-0.3, -0.25) is 0 Å². The molecule has 1 aromatic carbocycles. The zero-order valence-corrected chi connectivity index (χ0v) is 11.2. The second-order valence-electron chi connectivity index (χ2n) is 4.24. The highest BCUT2D eigenvalue weighted by atomic mass is 32.1. The normalized spacial score (nSPS) is 10.1. The number of nitrogens with one attached hydrogen (secondary N) is 1. The number of nitrogens with zero attached hydrogens (tertiary/aromatic N) is 1.